The lowest BCUT2D eigenvalue weighted by molar-refractivity contribution is 0.0697. The van der Waals surface area contributed by atoms with Gasteiger partial charge in [-0.2, -0.15) is 0 Å². The summed E-state index contributed by atoms with van der Waals surface area (Å²) in [5.74, 6) is -0.250. The van der Waals surface area contributed by atoms with Crippen molar-refractivity contribution in [1.29, 1.82) is 0 Å². The van der Waals surface area contributed by atoms with Crippen LogP contribution in [0.25, 0.3) is 11.1 Å². The zero-order valence-electron chi connectivity index (χ0n) is 10.6. The maximum absolute atomic E-state index is 11.3. The average molecular weight is 277 g/mol. The van der Waals surface area contributed by atoms with E-state index >= 15 is 0 Å². The van der Waals surface area contributed by atoms with Crippen LogP contribution in [0.1, 0.15) is 15.9 Å². The highest BCUT2D eigenvalue weighted by atomic mass is 35.5. The molecule has 0 bridgehead atoms. The smallest absolute Gasteiger partial charge is 0.336 e. The molecule has 0 radical (unpaired) electrons. The van der Waals surface area contributed by atoms with Crippen molar-refractivity contribution in [3.8, 4) is 16.9 Å². The molecule has 98 valence electrons. The summed E-state index contributed by atoms with van der Waals surface area (Å²) in [6.07, 6.45) is 0. The molecule has 0 aliphatic heterocycles. The molecule has 0 fully saturated rings. The Labute approximate surface area is 116 Å². The van der Waals surface area contributed by atoms with Gasteiger partial charge in [-0.3, -0.25) is 0 Å². The van der Waals surface area contributed by atoms with Crippen LogP contribution >= 0.6 is 11.6 Å². The van der Waals surface area contributed by atoms with Gasteiger partial charge in [0.1, 0.15) is 5.75 Å². The van der Waals surface area contributed by atoms with E-state index in [0.717, 1.165) is 16.9 Å². The number of carboxylic acids is 1. The minimum absolute atomic E-state index is 0.195. The first-order valence-electron chi connectivity index (χ1n) is 5.71. The van der Waals surface area contributed by atoms with Gasteiger partial charge in [0.25, 0.3) is 0 Å². The molecule has 19 heavy (non-hydrogen) atoms. The molecule has 0 aliphatic carbocycles. The number of aromatic carboxylic acids is 1. The molecule has 0 aliphatic rings. The molecule has 0 heterocycles. The molecule has 2 aromatic rings. The van der Waals surface area contributed by atoms with E-state index in [9.17, 15) is 9.90 Å². The fourth-order valence-corrected chi connectivity index (χ4v) is 2.17. The van der Waals surface area contributed by atoms with Crippen molar-refractivity contribution in [2.45, 2.75) is 6.92 Å². The molecule has 4 heteroatoms. The molecule has 0 atom stereocenters. The number of carbonyl (C=O) groups is 1. The largest absolute Gasteiger partial charge is 0.497 e. The number of rotatable bonds is 3. The number of ether oxygens (including phenoxy) is 1. The Hall–Kier alpha value is -2.00. The minimum Gasteiger partial charge on any atom is -0.497 e. The summed E-state index contributed by atoms with van der Waals surface area (Å²) in [5.41, 5.74) is 2.65. The zero-order valence-corrected chi connectivity index (χ0v) is 11.4. The van der Waals surface area contributed by atoms with Gasteiger partial charge in [-0.25, -0.2) is 4.79 Å². The maximum atomic E-state index is 11.3. The van der Waals surface area contributed by atoms with Gasteiger partial charge in [-0.15, -0.1) is 0 Å². The molecular weight excluding hydrogens is 264 g/mol. The first kappa shape index (κ1) is 13.4. The normalized spacial score (nSPS) is 10.3. The fourth-order valence-electron chi connectivity index (χ4n) is 1.99. The van der Waals surface area contributed by atoms with Crippen LogP contribution in [0.2, 0.25) is 5.02 Å². The monoisotopic (exact) mass is 276 g/mol. The van der Waals surface area contributed by atoms with Crippen molar-refractivity contribution in [1.82, 2.24) is 0 Å². The first-order valence-corrected chi connectivity index (χ1v) is 6.08. The molecule has 1 N–H and O–H groups in total. The number of hydrogen-bond acceptors (Lipinski definition) is 2. The summed E-state index contributed by atoms with van der Waals surface area (Å²) < 4.78 is 5.15. The summed E-state index contributed by atoms with van der Waals surface area (Å²) in [4.78, 5) is 11.3. The Bertz CT molecular complexity index is 635. The van der Waals surface area contributed by atoms with Gasteiger partial charge in [0.2, 0.25) is 0 Å². The third kappa shape index (κ3) is 2.71. The van der Waals surface area contributed by atoms with E-state index in [2.05, 4.69) is 0 Å². The van der Waals surface area contributed by atoms with Crippen LogP contribution in [0, 0.1) is 6.92 Å². The molecule has 2 aromatic carbocycles. The van der Waals surface area contributed by atoms with Gasteiger partial charge in [-0.1, -0.05) is 23.7 Å². The van der Waals surface area contributed by atoms with E-state index in [1.165, 1.54) is 6.07 Å². The summed E-state index contributed by atoms with van der Waals surface area (Å²) in [6, 6.07) is 10.4. The molecule has 0 amide bonds. The molecule has 0 saturated carbocycles. The van der Waals surface area contributed by atoms with Crippen LogP contribution in [0.3, 0.4) is 0 Å². The molecule has 0 spiro atoms. The number of aryl methyl sites for hydroxylation is 1. The van der Waals surface area contributed by atoms with Crippen LogP contribution in [-0.2, 0) is 0 Å². The second-order valence-corrected chi connectivity index (χ2v) is 4.61. The Morgan fingerprint density at radius 3 is 2.42 bits per heavy atom. The van der Waals surface area contributed by atoms with Crippen molar-refractivity contribution in [3.05, 3.63) is 52.5 Å². The van der Waals surface area contributed by atoms with Gasteiger partial charge in [0.05, 0.1) is 12.7 Å². The number of benzene rings is 2. The van der Waals surface area contributed by atoms with Crippen molar-refractivity contribution >= 4 is 17.6 Å². The van der Waals surface area contributed by atoms with E-state index in [4.69, 9.17) is 16.3 Å². The number of halogens is 1. The maximum Gasteiger partial charge on any atom is 0.336 e. The highest BCUT2D eigenvalue weighted by Crippen LogP contribution is 2.31. The number of carboxylic acid groups (broad SMARTS) is 1. The third-order valence-electron chi connectivity index (χ3n) is 2.94. The Balaban J connectivity index is 2.62. The van der Waals surface area contributed by atoms with E-state index in [-0.39, 0.29) is 5.56 Å². The van der Waals surface area contributed by atoms with Crippen molar-refractivity contribution < 1.29 is 14.6 Å². The molecule has 0 unspecified atom stereocenters. The quantitative estimate of drug-likeness (QED) is 0.921. The number of hydrogen-bond donors (Lipinski definition) is 1. The predicted molar refractivity (Wildman–Crippen MR) is 75.1 cm³/mol. The lowest BCUT2D eigenvalue weighted by Gasteiger charge is -2.11. The zero-order chi connectivity index (χ0) is 14.0. The third-order valence-corrected chi connectivity index (χ3v) is 3.17. The second-order valence-electron chi connectivity index (χ2n) is 4.18. The van der Waals surface area contributed by atoms with E-state index < -0.39 is 5.97 Å². The van der Waals surface area contributed by atoms with Gasteiger partial charge in [0.15, 0.2) is 0 Å². The second kappa shape index (κ2) is 5.33. The Morgan fingerprint density at radius 2 is 1.84 bits per heavy atom. The van der Waals surface area contributed by atoms with Crippen molar-refractivity contribution in [3.63, 3.8) is 0 Å². The molecule has 2 rings (SSSR count). The SMILES string of the molecule is COc1ccc(-c2ccc(Cl)cc2C(=O)O)c(C)c1. The van der Waals surface area contributed by atoms with E-state index in [1.54, 1.807) is 19.2 Å². The molecule has 0 saturated heterocycles. The summed E-state index contributed by atoms with van der Waals surface area (Å²) >= 11 is 5.85. The Kier molecular flexibility index (Phi) is 3.76. The van der Waals surface area contributed by atoms with Crippen molar-refractivity contribution in [2.24, 2.45) is 0 Å². The van der Waals surface area contributed by atoms with Crippen LogP contribution in [0.5, 0.6) is 5.75 Å². The molecule has 0 aromatic heterocycles. The van der Waals surface area contributed by atoms with Gasteiger partial charge in [-0.05, 0) is 47.9 Å². The van der Waals surface area contributed by atoms with Crippen LogP contribution in [0.15, 0.2) is 36.4 Å². The first-order chi connectivity index (χ1) is 9.02. The van der Waals surface area contributed by atoms with Crippen LogP contribution in [0.4, 0.5) is 0 Å². The molecular formula is C15H13ClO3. The summed E-state index contributed by atoms with van der Waals surface area (Å²) in [7, 11) is 1.60. The summed E-state index contributed by atoms with van der Waals surface area (Å²) in [6.45, 7) is 1.91. The lowest BCUT2D eigenvalue weighted by Crippen LogP contribution is -2.00. The topological polar surface area (TPSA) is 46.5 Å². The minimum atomic E-state index is -0.993. The van der Waals surface area contributed by atoms with Crippen LogP contribution < -0.4 is 4.74 Å². The standard InChI is InChI=1S/C15H13ClO3/c1-9-7-11(19-2)4-6-12(9)13-5-3-10(16)8-14(13)15(17)18/h3-8H,1-2H3,(H,17,18). The number of methoxy groups -OCH3 is 1. The fraction of sp³-hybridized carbons (Fsp3) is 0.133. The highest BCUT2D eigenvalue weighted by molar-refractivity contribution is 6.31. The lowest BCUT2D eigenvalue weighted by atomic mass is 9.96. The van der Waals surface area contributed by atoms with Gasteiger partial charge in [0, 0.05) is 5.02 Å². The summed E-state index contributed by atoms with van der Waals surface area (Å²) in [5, 5.41) is 9.67. The predicted octanol–water partition coefficient (Wildman–Crippen LogP) is 4.02. The van der Waals surface area contributed by atoms with E-state index in [1.807, 2.05) is 25.1 Å². The van der Waals surface area contributed by atoms with Crippen molar-refractivity contribution in [2.75, 3.05) is 7.11 Å². The van der Waals surface area contributed by atoms with E-state index in [0.29, 0.717) is 10.6 Å². The highest BCUT2D eigenvalue weighted by Gasteiger charge is 2.14. The Morgan fingerprint density at radius 1 is 1.16 bits per heavy atom. The molecule has 3 nitrogen and oxygen atoms in total. The van der Waals surface area contributed by atoms with Crippen LogP contribution in [-0.4, -0.2) is 18.2 Å². The average Bonchev–Trinajstić information content (AvgIpc) is 2.39. The van der Waals surface area contributed by atoms with Gasteiger partial charge < -0.3 is 9.84 Å². The van der Waals surface area contributed by atoms with Gasteiger partial charge >= 0.3 is 5.97 Å².